The first-order valence-electron chi connectivity index (χ1n) is 8.21. The Labute approximate surface area is 153 Å². The molecule has 0 spiro atoms. The molecule has 1 heterocycles. The maximum atomic E-state index is 12.8. The predicted molar refractivity (Wildman–Crippen MR) is 100 cm³/mol. The third-order valence-corrected chi connectivity index (χ3v) is 4.15. The minimum absolute atomic E-state index is 0.0138. The van der Waals surface area contributed by atoms with Gasteiger partial charge in [-0.3, -0.25) is 19.7 Å². The summed E-state index contributed by atoms with van der Waals surface area (Å²) in [7, 11) is 0. The normalized spacial score (nSPS) is 10.7. The molecule has 27 heavy (non-hydrogen) atoms. The number of nitro groups is 1. The van der Waals surface area contributed by atoms with Crippen molar-refractivity contribution in [1.29, 1.82) is 0 Å². The molecule has 3 rings (SSSR count). The number of hydrogen-bond donors (Lipinski definition) is 2. The zero-order chi connectivity index (χ0) is 19.6. The number of nitrogens with zero attached hydrogens (tertiary/aromatic N) is 3. The Hall–Kier alpha value is -3.75. The zero-order valence-corrected chi connectivity index (χ0v) is 14.5. The highest BCUT2D eigenvalue weighted by atomic mass is 16.6. The monoisotopic (exact) mass is 367 g/mol. The van der Waals surface area contributed by atoms with Crippen LogP contribution < -0.4 is 11.3 Å². The Bertz CT molecular complexity index is 1090. The molecule has 0 aliphatic carbocycles. The van der Waals surface area contributed by atoms with Gasteiger partial charge < -0.3 is 15.6 Å². The van der Waals surface area contributed by atoms with Crippen LogP contribution in [0.2, 0.25) is 0 Å². The lowest BCUT2D eigenvalue weighted by Gasteiger charge is -2.20. The van der Waals surface area contributed by atoms with Gasteiger partial charge in [0, 0.05) is 18.2 Å². The summed E-state index contributed by atoms with van der Waals surface area (Å²) in [5.41, 5.74) is 5.62. The van der Waals surface area contributed by atoms with Crippen molar-refractivity contribution < 1.29 is 9.72 Å². The highest BCUT2D eigenvalue weighted by Crippen LogP contribution is 2.23. The third-order valence-electron chi connectivity index (χ3n) is 4.15. The molecule has 0 saturated heterocycles. The molecular formula is C18H17N5O4. The number of nitrogens with two attached hydrogens (primary N) is 1. The molecule has 0 fully saturated rings. The standard InChI is InChI=1S/C18H17N5O4/c1-2-22(18(25)11-7-8-13(19)15(9-11)23(26)27)10-16-20-14-6-4-3-5-12(14)17(24)21-16/h3-9H,2,10,19H2,1H3,(H,20,21,24). The van der Waals surface area contributed by atoms with E-state index in [1.54, 1.807) is 31.2 Å². The SMILES string of the molecule is CCN(Cc1nc2ccccc2c(=O)[nH]1)C(=O)c1ccc(N)c([N+](=O)[O-])c1. The van der Waals surface area contributed by atoms with Crippen molar-refractivity contribution in [3.63, 3.8) is 0 Å². The van der Waals surface area contributed by atoms with Crippen LogP contribution >= 0.6 is 0 Å². The average Bonchev–Trinajstić information content (AvgIpc) is 2.66. The molecule has 1 amide bonds. The van der Waals surface area contributed by atoms with Crippen LogP contribution in [0.3, 0.4) is 0 Å². The van der Waals surface area contributed by atoms with Gasteiger partial charge in [0.05, 0.1) is 22.4 Å². The summed E-state index contributed by atoms with van der Waals surface area (Å²) < 4.78 is 0. The number of nitrogens with one attached hydrogen (secondary N) is 1. The minimum Gasteiger partial charge on any atom is -0.393 e. The second-order valence-electron chi connectivity index (χ2n) is 5.88. The lowest BCUT2D eigenvalue weighted by molar-refractivity contribution is -0.383. The topological polar surface area (TPSA) is 135 Å². The number of rotatable bonds is 5. The van der Waals surface area contributed by atoms with Crippen LogP contribution in [0.5, 0.6) is 0 Å². The number of aromatic amines is 1. The van der Waals surface area contributed by atoms with Crippen molar-refractivity contribution in [3.8, 4) is 0 Å². The molecule has 138 valence electrons. The van der Waals surface area contributed by atoms with Crippen LogP contribution in [0.25, 0.3) is 10.9 Å². The second kappa shape index (κ2) is 7.24. The van der Waals surface area contributed by atoms with Gasteiger partial charge in [0.1, 0.15) is 11.5 Å². The van der Waals surface area contributed by atoms with Gasteiger partial charge in [-0.1, -0.05) is 12.1 Å². The number of para-hydroxylation sites is 1. The van der Waals surface area contributed by atoms with Crippen LogP contribution in [0, 0.1) is 10.1 Å². The van der Waals surface area contributed by atoms with Gasteiger partial charge in [0.2, 0.25) is 0 Å². The minimum atomic E-state index is -0.634. The van der Waals surface area contributed by atoms with Crippen LogP contribution in [0.4, 0.5) is 11.4 Å². The largest absolute Gasteiger partial charge is 0.393 e. The summed E-state index contributed by atoms with van der Waals surface area (Å²) >= 11 is 0. The van der Waals surface area contributed by atoms with Crippen LogP contribution in [-0.4, -0.2) is 32.2 Å². The van der Waals surface area contributed by atoms with E-state index in [4.69, 9.17) is 5.73 Å². The number of benzene rings is 2. The summed E-state index contributed by atoms with van der Waals surface area (Å²) in [6.07, 6.45) is 0. The number of amides is 1. The number of hydrogen-bond acceptors (Lipinski definition) is 6. The molecule has 3 aromatic rings. The van der Waals surface area contributed by atoms with Crippen molar-refractivity contribution in [3.05, 3.63) is 74.3 Å². The molecule has 9 nitrogen and oxygen atoms in total. The number of carbonyl (C=O) groups is 1. The van der Waals surface area contributed by atoms with E-state index < -0.39 is 10.8 Å². The lowest BCUT2D eigenvalue weighted by atomic mass is 10.1. The smallest absolute Gasteiger partial charge is 0.292 e. The fraction of sp³-hybridized carbons (Fsp3) is 0.167. The van der Waals surface area contributed by atoms with Gasteiger partial charge in [-0.05, 0) is 31.2 Å². The number of fused-ring (bicyclic) bond motifs is 1. The average molecular weight is 367 g/mol. The van der Waals surface area contributed by atoms with Crippen LogP contribution in [0.1, 0.15) is 23.1 Å². The molecule has 0 atom stereocenters. The molecule has 0 unspecified atom stereocenters. The van der Waals surface area contributed by atoms with Crippen molar-refractivity contribution in [2.75, 3.05) is 12.3 Å². The van der Waals surface area contributed by atoms with Gasteiger partial charge in [-0.25, -0.2) is 4.98 Å². The van der Waals surface area contributed by atoms with E-state index in [9.17, 15) is 19.7 Å². The summed E-state index contributed by atoms with van der Waals surface area (Å²) in [6, 6.07) is 10.8. The first-order valence-corrected chi connectivity index (χ1v) is 8.21. The molecule has 3 N–H and O–H groups in total. The molecule has 2 aromatic carbocycles. The zero-order valence-electron chi connectivity index (χ0n) is 14.5. The molecule has 0 aliphatic rings. The van der Waals surface area contributed by atoms with Crippen molar-refractivity contribution in [2.24, 2.45) is 0 Å². The highest BCUT2D eigenvalue weighted by molar-refractivity contribution is 5.95. The van der Waals surface area contributed by atoms with E-state index >= 15 is 0 Å². The van der Waals surface area contributed by atoms with Crippen molar-refractivity contribution in [1.82, 2.24) is 14.9 Å². The first kappa shape index (κ1) is 18.1. The van der Waals surface area contributed by atoms with Gasteiger partial charge in [0.25, 0.3) is 17.2 Å². The molecule has 0 aliphatic heterocycles. The molecule has 1 aromatic heterocycles. The number of H-pyrrole nitrogens is 1. The van der Waals surface area contributed by atoms with E-state index in [-0.39, 0.29) is 29.0 Å². The molecular weight excluding hydrogens is 350 g/mol. The Kier molecular flexibility index (Phi) is 4.84. The molecule has 0 bridgehead atoms. The van der Waals surface area contributed by atoms with E-state index in [1.165, 1.54) is 17.0 Å². The molecule has 9 heteroatoms. The van der Waals surface area contributed by atoms with Crippen LogP contribution in [-0.2, 0) is 6.54 Å². The summed E-state index contributed by atoms with van der Waals surface area (Å²) in [5.74, 6) is -0.0877. The molecule has 0 radical (unpaired) electrons. The fourth-order valence-corrected chi connectivity index (χ4v) is 2.74. The number of aromatic nitrogens is 2. The summed E-state index contributed by atoms with van der Waals surface area (Å²) in [5, 5.41) is 11.5. The molecule has 0 saturated carbocycles. The third kappa shape index (κ3) is 3.61. The first-order chi connectivity index (χ1) is 12.9. The van der Waals surface area contributed by atoms with E-state index in [0.29, 0.717) is 23.3 Å². The van der Waals surface area contributed by atoms with Gasteiger partial charge in [-0.2, -0.15) is 0 Å². The maximum Gasteiger partial charge on any atom is 0.292 e. The highest BCUT2D eigenvalue weighted by Gasteiger charge is 2.20. The maximum absolute atomic E-state index is 12.8. The van der Waals surface area contributed by atoms with Crippen molar-refractivity contribution >= 4 is 28.2 Å². The Morgan fingerprint density at radius 2 is 2.04 bits per heavy atom. The number of nitrogen functional groups attached to an aromatic ring is 1. The Morgan fingerprint density at radius 1 is 1.30 bits per heavy atom. The van der Waals surface area contributed by atoms with E-state index in [0.717, 1.165) is 6.07 Å². The predicted octanol–water partition coefficient (Wildman–Crippen LogP) is 2.08. The Balaban J connectivity index is 1.92. The lowest BCUT2D eigenvalue weighted by Crippen LogP contribution is -2.32. The van der Waals surface area contributed by atoms with Crippen molar-refractivity contribution in [2.45, 2.75) is 13.5 Å². The van der Waals surface area contributed by atoms with E-state index in [1.807, 2.05) is 0 Å². The van der Waals surface area contributed by atoms with E-state index in [2.05, 4.69) is 9.97 Å². The summed E-state index contributed by atoms with van der Waals surface area (Å²) in [4.78, 5) is 43.8. The quantitative estimate of drug-likeness (QED) is 0.402. The second-order valence-corrected chi connectivity index (χ2v) is 5.88. The number of carbonyl (C=O) groups excluding carboxylic acids is 1. The van der Waals surface area contributed by atoms with Crippen LogP contribution in [0.15, 0.2) is 47.3 Å². The summed E-state index contributed by atoms with van der Waals surface area (Å²) in [6.45, 7) is 2.16. The number of anilines is 1. The van der Waals surface area contributed by atoms with Gasteiger partial charge in [0.15, 0.2) is 0 Å². The van der Waals surface area contributed by atoms with Gasteiger partial charge in [-0.15, -0.1) is 0 Å². The number of nitro benzene ring substituents is 1. The fourth-order valence-electron chi connectivity index (χ4n) is 2.74. The Morgan fingerprint density at radius 3 is 2.74 bits per heavy atom. The van der Waals surface area contributed by atoms with Gasteiger partial charge >= 0.3 is 0 Å².